The molecule has 0 radical (unpaired) electrons. The number of ether oxygens (including phenoxy) is 2. The maximum absolute atomic E-state index is 12.2. The van der Waals surface area contributed by atoms with E-state index < -0.39 is 0 Å². The summed E-state index contributed by atoms with van der Waals surface area (Å²) in [6.45, 7) is 6.83. The minimum Gasteiger partial charge on any atom is -0.493 e. The highest BCUT2D eigenvalue weighted by molar-refractivity contribution is 5.84. The van der Waals surface area contributed by atoms with Gasteiger partial charge in [-0.15, -0.1) is 0 Å². The lowest BCUT2D eigenvalue weighted by molar-refractivity contribution is -0.124. The average Bonchev–Trinajstić information content (AvgIpc) is 3.13. The Labute approximate surface area is 166 Å². The maximum atomic E-state index is 12.2. The van der Waals surface area contributed by atoms with Gasteiger partial charge in [0, 0.05) is 35.5 Å². The minimum absolute atomic E-state index is 0.0107. The lowest BCUT2D eigenvalue weighted by atomic mass is 9.90. The van der Waals surface area contributed by atoms with Crippen molar-refractivity contribution in [3.05, 3.63) is 59.8 Å². The number of fused-ring (bicyclic) bond motifs is 1. The quantitative estimate of drug-likeness (QED) is 0.606. The molecule has 1 heterocycles. The Bertz CT molecular complexity index is 946. The van der Waals surface area contributed by atoms with Crippen molar-refractivity contribution in [1.29, 1.82) is 0 Å². The first-order chi connectivity index (χ1) is 13.5. The Morgan fingerprint density at radius 1 is 1.14 bits per heavy atom. The largest absolute Gasteiger partial charge is 0.493 e. The van der Waals surface area contributed by atoms with Gasteiger partial charge in [-0.25, -0.2) is 0 Å². The molecule has 0 saturated carbocycles. The predicted molar refractivity (Wildman–Crippen MR) is 112 cm³/mol. The number of rotatable bonds is 8. The highest BCUT2D eigenvalue weighted by Gasteiger charge is 2.21. The van der Waals surface area contributed by atoms with Gasteiger partial charge in [-0.2, -0.15) is 0 Å². The number of aromatic nitrogens is 1. The fourth-order valence-corrected chi connectivity index (χ4v) is 3.37. The molecule has 2 aromatic carbocycles. The van der Waals surface area contributed by atoms with Crippen molar-refractivity contribution in [3.8, 4) is 11.5 Å². The second-order valence-corrected chi connectivity index (χ2v) is 7.09. The molecule has 0 unspecified atom stereocenters. The van der Waals surface area contributed by atoms with Gasteiger partial charge in [0.15, 0.2) is 11.5 Å². The summed E-state index contributed by atoms with van der Waals surface area (Å²) in [5.41, 5.74) is 3.29. The van der Waals surface area contributed by atoms with E-state index in [4.69, 9.17) is 9.47 Å². The number of para-hydroxylation sites is 1. The number of amides is 1. The van der Waals surface area contributed by atoms with Crippen molar-refractivity contribution in [3.63, 3.8) is 0 Å². The third kappa shape index (κ3) is 4.14. The van der Waals surface area contributed by atoms with Crippen LogP contribution in [0, 0.1) is 5.92 Å². The van der Waals surface area contributed by atoms with E-state index >= 15 is 0 Å². The van der Waals surface area contributed by atoms with E-state index in [0.717, 1.165) is 27.8 Å². The number of H-pyrrole nitrogens is 1. The summed E-state index contributed by atoms with van der Waals surface area (Å²) < 4.78 is 11.2. The molecule has 0 bridgehead atoms. The molecule has 1 aromatic heterocycles. The summed E-state index contributed by atoms with van der Waals surface area (Å²) in [6.07, 6.45) is 2.03. The zero-order valence-electron chi connectivity index (χ0n) is 16.9. The van der Waals surface area contributed by atoms with E-state index in [-0.39, 0.29) is 17.7 Å². The van der Waals surface area contributed by atoms with Crippen LogP contribution in [0.25, 0.3) is 10.9 Å². The number of hydrogen-bond donors (Lipinski definition) is 2. The summed E-state index contributed by atoms with van der Waals surface area (Å²) in [7, 11) is 1.64. The van der Waals surface area contributed by atoms with Gasteiger partial charge in [-0.3, -0.25) is 4.79 Å². The van der Waals surface area contributed by atoms with E-state index in [1.54, 1.807) is 7.11 Å². The van der Waals surface area contributed by atoms with Crippen LogP contribution < -0.4 is 14.8 Å². The van der Waals surface area contributed by atoms with Crippen LogP contribution >= 0.6 is 0 Å². The van der Waals surface area contributed by atoms with Gasteiger partial charge in [-0.1, -0.05) is 38.1 Å². The van der Waals surface area contributed by atoms with E-state index in [0.29, 0.717) is 18.9 Å². The molecule has 3 aromatic rings. The van der Waals surface area contributed by atoms with Crippen LogP contribution in [-0.4, -0.2) is 31.2 Å². The van der Waals surface area contributed by atoms with Crippen molar-refractivity contribution < 1.29 is 14.3 Å². The van der Waals surface area contributed by atoms with Gasteiger partial charge >= 0.3 is 0 Å². The summed E-state index contributed by atoms with van der Waals surface area (Å²) in [6, 6.07) is 14.2. The summed E-state index contributed by atoms with van der Waals surface area (Å²) in [4.78, 5) is 15.6. The van der Waals surface area contributed by atoms with Crippen molar-refractivity contribution in [2.45, 2.75) is 26.7 Å². The molecule has 0 aliphatic rings. The van der Waals surface area contributed by atoms with Crippen molar-refractivity contribution in [2.24, 2.45) is 5.92 Å². The highest BCUT2D eigenvalue weighted by Crippen LogP contribution is 2.35. The molecule has 5 nitrogen and oxygen atoms in total. The number of aromatic amines is 1. The highest BCUT2D eigenvalue weighted by atomic mass is 16.5. The molecule has 28 heavy (non-hydrogen) atoms. The maximum Gasteiger partial charge on any atom is 0.222 e. The van der Waals surface area contributed by atoms with E-state index in [1.165, 1.54) is 0 Å². The SMILES string of the molecule is CCOc1ccc([C@@H](CNC(=O)C(C)C)c2c[nH]c3ccccc23)cc1OC. The third-order valence-corrected chi connectivity index (χ3v) is 4.89. The molecule has 3 rings (SSSR count). The van der Waals surface area contributed by atoms with Gasteiger partial charge in [-0.05, 0) is 36.2 Å². The van der Waals surface area contributed by atoms with Crippen molar-refractivity contribution in [1.82, 2.24) is 10.3 Å². The lowest BCUT2D eigenvalue weighted by Crippen LogP contribution is -2.32. The Hall–Kier alpha value is -2.95. The standard InChI is InChI=1S/C23H28N2O3/c1-5-28-21-11-10-16(12-22(21)27-4)18(13-25-23(26)15(2)3)19-14-24-20-9-7-6-8-17(19)20/h6-12,14-15,18,24H,5,13H2,1-4H3,(H,25,26)/t18-/m1/s1. The van der Waals surface area contributed by atoms with Gasteiger partial charge in [0.05, 0.1) is 13.7 Å². The fourth-order valence-electron chi connectivity index (χ4n) is 3.37. The summed E-state index contributed by atoms with van der Waals surface area (Å²) in [5.74, 6) is 1.39. The second-order valence-electron chi connectivity index (χ2n) is 7.09. The fraction of sp³-hybridized carbons (Fsp3) is 0.348. The molecular formula is C23H28N2O3. The topological polar surface area (TPSA) is 63.3 Å². The monoisotopic (exact) mass is 380 g/mol. The van der Waals surface area contributed by atoms with Crippen molar-refractivity contribution in [2.75, 3.05) is 20.3 Å². The predicted octanol–water partition coefficient (Wildman–Crippen LogP) is 4.48. The van der Waals surface area contributed by atoms with Crippen LogP contribution in [0.4, 0.5) is 0 Å². The van der Waals surface area contributed by atoms with Gasteiger partial charge in [0.2, 0.25) is 5.91 Å². The molecule has 0 saturated heterocycles. The lowest BCUT2D eigenvalue weighted by Gasteiger charge is -2.20. The minimum atomic E-state index is -0.0570. The van der Waals surface area contributed by atoms with Crippen LogP contribution in [-0.2, 0) is 4.79 Å². The first kappa shape index (κ1) is 19.8. The van der Waals surface area contributed by atoms with Crippen LogP contribution in [0.5, 0.6) is 11.5 Å². The number of benzene rings is 2. The molecule has 1 atom stereocenters. The molecule has 148 valence electrons. The van der Waals surface area contributed by atoms with Crippen LogP contribution in [0.1, 0.15) is 37.8 Å². The molecule has 0 aliphatic heterocycles. The van der Waals surface area contributed by atoms with Crippen LogP contribution in [0.15, 0.2) is 48.7 Å². The summed E-state index contributed by atoms with van der Waals surface area (Å²) in [5, 5.41) is 4.24. The zero-order chi connectivity index (χ0) is 20.1. The van der Waals surface area contributed by atoms with E-state index in [1.807, 2.05) is 57.3 Å². The smallest absolute Gasteiger partial charge is 0.222 e. The molecule has 5 heteroatoms. The molecule has 0 fully saturated rings. The van der Waals surface area contributed by atoms with Crippen LogP contribution in [0.2, 0.25) is 0 Å². The van der Waals surface area contributed by atoms with Crippen LogP contribution in [0.3, 0.4) is 0 Å². The molecule has 0 aliphatic carbocycles. The van der Waals surface area contributed by atoms with E-state index in [9.17, 15) is 4.79 Å². The first-order valence-electron chi connectivity index (χ1n) is 9.69. The molecular weight excluding hydrogens is 352 g/mol. The molecule has 2 N–H and O–H groups in total. The molecule has 1 amide bonds. The Balaban J connectivity index is 2.02. The Morgan fingerprint density at radius 3 is 2.64 bits per heavy atom. The Morgan fingerprint density at radius 2 is 1.93 bits per heavy atom. The second kappa shape index (κ2) is 8.83. The number of carbonyl (C=O) groups excluding carboxylic acids is 1. The summed E-state index contributed by atoms with van der Waals surface area (Å²) >= 11 is 0. The van der Waals surface area contributed by atoms with Crippen molar-refractivity contribution >= 4 is 16.8 Å². The average molecular weight is 380 g/mol. The van der Waals surface area contributed by atoms with Gasteiger partial charge in [0.25, 0.3) is 0 Å². The van der Waals surface area contributed by atoms with Gasteiger partial charge < -0.3 is 19.8 Å². The number of hydrogen-bond acceptors (Lipinski definition) is 3. The first-order valence-corrected chi connectivity index (χ1v) is 9.69. The normalized spacial score (nSPS) is 12.2. The number of carbonyl (C=O) groups is 1. The van der Waals surface area contributed by atoms with Gasteiger partial charge in [0.1, 0.15) is 0 Å². The number of nitrogens with one attached hydrogen (secondary N) is 2. The third-order valence-electron chi connectivity index (χ3n) is 4.89. The number of methoxy groups -OCH3 is 1. The van der Waals surface area contributed by atoms with E-state index in [2.05, 4.69) is 22.4 Å². The molecule has 0 spiro atoms. The zero-order valence-corrected chi connectivity index (χ0v) is 16.9. The Kier molecular flexibility index (Phi) is 6.24.